The molecule has 0 bridgehead atoms. The van der Waals surface area contributed by atoms with E-state index in [0.717, 1.165) is 48.3 Å². The summed E-state index contributed by atoms with van der Waals surface area (Å²) in [5.74, 6) is 0.827. The number of ether oxygens (including phenoxy) is 1. The van der Waals surface area contributed by atoms with Gasteiger partial charge in [0.25, 0.3) is 0 Å². The molecule has 25 heavy (non-hydrogen) atoms. The van der Waals surface area contributed by atoms with Crippen molar-refractivity contribution in [3.63, 3.8) is 0 Å². The zero-order valence-corrected chi connectivity index (χ0v) is 14.4. The minimum atomic E-state index is 0.0870. The summed E-state index contributed by atoms with van der Waals surface area (Å²) in [6, 6.07) is 16.3. The quantitative estimate of drug-likeness (QED) is 0.796. The highest BCUT2D eigenvalue weighted by molar-refractivity contribution is 5.76. The van der Waals surface area contributed by atoms with Crippen LogP contribution < -0.4 is 15.7 Å². The molecule has 3 aromatic rings. The number of methoxy groups -OCH3 is 1. The number of imidazole rings is 1. The van der Waals surface area contributed by atoms with Crippen molar-refractivity contribution >= 4 is 11.0 Å². The van der Waals surface area contributed by atoms with Crippen LogP contribution in [-0.2, 0) is 6.54 Å². The van der Waals surface area contributed by atoms with Crippen LogP contribution in [0.4, 0.5) is 0 Å². The molecule has 0 amide bonds. The first-order valence-electron chi connectivity index (χ1n) is 8.81. The van der Waals surface area contributed by atoms with Gasteiger partial charge >= 0.3 is 5.69 Å². The van der Waals surface area contributed by atoms with E-state index in [1.54, 1.807) is 7.11 Å². The number of hydrogen-bond donors (Lipinski definition) is 1. The van der Waals surface area contributed by atoms with Crippen molar-refractivity contribution in [3.05, 3.63) is 64.6 Å². The van der Waals surface area contributed by atoms with Gasteiger partial charge in [-0.1, -0.05) is 24.3 Å². The topological polar surface area (TPSA) is 48.2 Å². The number of para-hydroxylation sites is 2. The number of rotatable bonds is 4. The van der Waals surface area contributed by atoms with Crippen LogP contribution in [0, 0.1) is 0 Å². The molecule has 4 rings (SSSR count). The Balaban J connectivity index is 1.77. The Morgan fingerprint density at radius 3 is 2.40 bits per heavy atom. The number of hydrogen-bond acceptors (Lipinski definition) is 3. The Hall–Kier alpha value is -2.53. The molecule has 0 radical (unpaired) electrons. The van der Waals surface area contributed by atoms with Gasteiger partial charge in [0, 0.05) is 6.04 Å². The van der Waals surface area contributed by atoms with Crippen molar-refractivity contribution in [2.75, 3.05) is 20.2 Å². The van der Waals surface area contributed by atoms with Crippen LogP contribution in [0.1, 0.15) is 24.4 Å². The molecule has 1 N–H and O–H groups in total. The summed E-state index contributed by atoms with van der Waals surface area (Å²) in [6.45, 7) is 2.51. The number of fused-ring (bicyclic) bond motifs is 1. The molecule has 1 aliphatic heterocycles. The molecule has 0 unspecified atom stereocenters. The molecule has 1 fully saturated rings. The van der Waals surface area contributed by atoms with Gasteiger partial charge in [-0.15, -0.1) is 0 Å². The highest BCUT2D eigenvalue weighted by Gasteiger charge is 2.22. The fraction of sp³-hybridized carbons (Fsp3) is 0.350. The molecule has 1 aromatic heterocycles. The van der Waals surface area contributed by atoms with Gasteiger partial charge in [0.05, 0.1) is 24.7 Å². The lowest BCUT2D eigenvalue weighted by Crippen LogP contribution is -2.35. The largest absolute Gasteiger partial charge is 0.497 e. The summed E-state index contributed by atoms with van der Waals surface area (Å²) < 4.78 is 9.11. The Morgan fingerprint density at radius 2 is 1.72 bits per heavy atom. The second-order valence-corrected chi connectivity index (χ2v) is 6.56. The van der Waals surface area contributed by atoms with Gasteiger partial charge < -0.3 is 10.1 Å². The normalized spacial score (nSPS) is 15.6. The molecular formula is C20H23N3O2. The Kier molecular flexibility index (Phi) is 4.32. The second-order valence-electron chi connectivity index (χ2n) is 6.56. The maximum atomic E-state index is 13.2. The van der Waals surface area contributed by atoms with Gasteiger partial charge in [0.15, 0.2) is 0 Å². The molecule has 5 nitrogen and oxygen atoms in total. The summed E-state index contributed by atoms with van der Waals surface area (Å²) >= 11 is 0. The molecule has 0 aliphatic carbocycles. The third-order valence-electron chi connectivity index (χ3n) is 5.04. The van der Waals surface area contributed by atoms with Crippen molar-refractivity contribution in [1.29, 1.82) is 0 Å². The summed E-state index contributed by atoms with van der Waals surface area (Å²) in [5, 5.41) is 3.38. The molecule has 0 saturated carbocycles. The minimum Gasteiger partial charge on any atom is -0.497 e. The van der Waals surface area contributed by atoms with Gasteiger partial charge in [-0.2, -0.15) is 0 Å². The lowest BCUT2D eigenvalue weighted by atomic mass is 10.1. The molecule has 2 heterocycles. The summed E-state index contributed by atoms with van der Waals surface area (Å²) in [4.78, 5) is 13.2. The SMILES string of the molecule is COc1ccc(Cn2c(=O)n(C3CCNCC3)c3ccccc32)cc1. The number of benzene rings is 2. The van der Waals surface area contributed by atoms with Crippen molar-refractivity contribution in [2.45, 2.75) is 25.4 Å². The van der Waals surface area contributed by atoms with Crippen LogP contribution in [0.3, 0.4) is 0 Å². The van der Waals surface area contributed by atoms with Crippen molar-refractivity contribution in [1.82, 2.24) is 14.5 Å². The van der Waals surface area contributed by atoms with Crippen LogP contribution in [0.5, 0.6) is 5.75 Å². The van der Waals surface area contributed by atoms with Crippen LogP contribution >= 0.6 is 0 Å². The number of nitrogens with zero attached hydrogens (tertiary/aromatic N) is 2. The minimum absolute atomic E-state index is 0.0870. The van der Waals surface area contributed by atoms with E-state index < -0.39 is 0 Å². The van der Waals surface area contributed by atoms with E-state index in [1.807, 2.05) is 51.6 Å². The van der Waals surface area contributed by atoms with Crippen molar-refractivity contribution in [2.24, 2.45) is 0 Å². The molecule has 130 valence electrons. The van der Waals surface area contributed by atoms with E-state index in [-0.39, 0.29) is 11.7 Å². The molecule has 5 heteroatoms. The zero-order chi connectivity index (χ0) is 17.2. The van der Waals surface area contributed by atoms with E-state index in [2.05, 4.69) is 11.4 Å². The lowest BCUT2D eigenvalue weighted by molar-refractivity contribution is 0.365. The molecule has 0 spiro atoms. The number of piperidine rings is 1. The Morgan fingerprint density at radius 1 is 1.04 bits per heavy atom. The molecule has 1 aliphatic rings. The molecular weight excluding hydrogens is 314 g/mol. The van der Waals surface area contributed by atoms with Crippen molar-refractivity contribution < 1.29 is 4.74 Å². The summed E-state index contributed by atoms with van der Waals surface area (Å²) in [7, 11) is 1.66. The van der Waals surface area contributed by atoms with Crippen LogP contribution in [-0.4, -0.2) is 29.3 Å². The monoisotopic (exact) mass is 337 g/mol. The average Bonchev–Trinajstić information content (AvgIpc) is 2.95. The van der Waals surface area contributed by atoms with E-state index in [1.165, 1.54) is 0 Å². The Bertz CT molecular complexity index is 918. The van der Waals surface area contributed by atoms with Gasteiger partial charge in [0.1, 0.15) is 5.75 Å². The highest BCUT2D eigenvalue weighted by atomic mass is 16.5. The zero-order valence-electron chi connectivity index (χ0n) is 14.4. The maximum absolute atomic E-state index is 13.2. The lowest BCUT2D eigenvalue weighted by Gasteiger charge is -2.23. The first kappa shape index (κ1) is 16.0. The van der Waals surface area contributed by atoms with Crippen LogP contribution in [0.15, 0.2) is 53.3 Å². The Labute approximate surface area is 146 Å². The van der Waals surface area contributed by atoms with Crippen LogP contribution in [0.2, 0.25) is 0 Å². The fourth-order valence-electron chi connectivity index (χ4n) is 3.72. The van der Waals surface area contributed by atoms with E-state index in [4.69, 9.17) is 4.74 Å². The second kappa shape index (κ2) is 6.76. The van der Waals surface area contributed by atoms with Crippen LogP contribution in [0.25, 0.3) is 11.0 Å². The fourth-order valence-corrected chi connectivity index (χ4v) is 3.72. The predicted molar refractivity (Wildman–Crippen MR) is 99.4 cm³/mol. The van der Waals surface area contributed by atoms with Gasteiger partial charge in [-0.25, -0.2) is 4.79 Å². The number of aromatic nitrogens is 2. The molecule has 0 atom stereocenters. The van der Waals surface area contributed by atoms with Gasteiger partial charge in [0.2, 0.25) is 0 Å². The third kappa shape index (κ3) is 2.96. The standard InChI is InChI=1S/C20H23N3O2/c1-25-17-8-6-15(7-9-17)14-22-18-4-2-3-5-19(18)23(20(22)24)16-10-12-21-13-11-16/h2-9,16,21H,10-14H2,1H3. The first-order valence-corrected chi connectivity index (χ1v) is 8.81. The molecule has 1 saturated heterocycles. The average molecular weight is 337 g/mol. The van der Waals surface area contributed by atoms with Gasteiger partial charge in [-0.3, -0.25) is 9.13 Å². The van der Waals surface area contributed by atoms with Crippen molar-refractivity contribution in [3.8, 4) is 5.75 Å². The highest BCUT2D eigenvalue weighted by Crippen LogP contribution is 2.24. The predicted octanol–water partition coefficient (Wildman–Crippen LogP) is 2.78. The first-order chi connectivity index (χ1) is 12.3. The molecule has 2 aromatic carbocycles. The summed E-state index contributed by atoms with van der Waals surface area (Å²) in [6.07, 6.45) is 1.99. The maximum Gasteiger partial charge on any atom is 0.329 e. The third-order valence-corrected chi connectivity index (χ3v) is 5.04. The van der Waals surface area contributed by atoms with E-state index >= 15 is 0 Å². The number of nitrogens with one attached hydrogen (secondary N) is 1. The summed E-state index contributed by atoms with van der Waals surface area (Å²) in [5.41, 5.74) is 3.22. The van der Waals surface area contributed by atoms with E-state index in [9.17, 15) is 4.79 Å². The van der Waals surface area contributed by atoms with E-state index in [0.29, 0.717) is 6.54 Å². The van der Waals surface area contributed by atoms with Gasteiger partial charge in [-0.05, 0) is 55.8 Å². The smallest absolute Gasteiger partial charge is 0.329 e.